The van der Waals surface area contributed by atoms with E-state index in [0.717, 1.165) is 0 Å². The summed E-state index contributed by atoms with van der Waals surface area (Å²) in [6, 6.07) is 15.6. The fourth-order valence-corrected chi connectivity index (χ4v) is 3.39. The van der Waals surface area contributed by atoms with Gasteiger partial charge >= 0.3 is 5.97 Å². The highest BCUT2D eigenvalue weighted by Crippen LogP contribution is 2.29. The molecule has 8 heteroatoms. The predicted octanol–water partition coefficient (Wildman–Crippen LogP) is 4.50. The van der Waals surface area contributed by atoms with Crippen LogP contribution in [0.5, 0.6) is 0 Å². The van der Waals surface area contributed by atoms with Gasteiger partial charge in [0, 0.05) is 28.8 Å². The number of fused-ring (bicyclic) bond motifs is 1. The van der Waals surface area contributed by atoms with Crippen LogP contribution in [0, 0.1) is 17.0 Å². The topological polar surface area (TPSA) is 116 Å². The number of non-ortho nitro benzene ring substituents is 1. The number of nitro benzene ring substituents is 1. The Morgan fingerprint density at radius 3 is 2.55 bits per heavy atom. The summed E-state index contributed by atoms with van der Waals surface area (Å²) >= 11 is 0. The third-order valence-corrected chi connectivity index (χ3v) is 4.69. The number of aromatic carboxylic acids is 1. The molecule has 4 rings (SSSR count). The molecule has 2 aromatic carbocycles. The molecule has 0 fully saturated rings. The standard InChI is InChI=1S/C21H14N2O6/c1-12-19(21(25)26)15-7-2-3-8-16(15)22(12)20(24)18-10-9-17(29-18)13-5-4-6-14(11-13)23(27)28/h2-11H,1H3,(H,25,26). The zero-order valence-corrected chi connectivity index (χ0v) is 15.2. The van der Waals surface area contributed by atoms with E-state index in [2.05, 4.69) is 0 Å². The number of hydrogen-bond acceptors (Lipinski definition) is 5. The van der Waals surface area contributed by atoms with Gasteiger partial charge in [-0.15, -0.1) is 0 Å². The number of furan rings is 1. The monoisotopic (exact) mass is 390 g/mol. The molecule has 0 radical (unpaired) electrons. The summed E-state index contributed by atoms with van der Waals surface area (Å²) in [5.41, 5.74) is 1.17. The van der Waals surface area contributed by atoms with Crippen molar-refractivity contribution < 1.29 is 24.0 Å². The van der Waals surface area contributed by atoms with Gasteiger partial charge in [0.15, 0.2) is 5.76 Å². The lowest BCUT2D eigenvalue weighted by Crippen LogP contribution is -2.13. The first-order chi connectivity index (χ1) is 13.9. The lowest BCUT2D eigenvalue weighted by atomic mass is 10.1. The van der Waals surface area contributed by atoms with E-state index in [0.29, 0.717) is 22.2 Å². The van der Waals surface area contributed by atoms with Gasteiger partial charge in [-0.3, -0.25) is 19.5 Å². The van der Waals surface area contributed by atoms with Gasteiger partial charge in [-0.2, -0.15) is 0 Å². The maximum atomic E-state index is 13.1. The van der Waals surface area contributed by atoms with Crippen molar-refractivity contribution in [3.8, 4) is 11.3 Å². The molecular weight excluding hydrogens is 376 g/mol. The van der Waals surface area contributed by atoms with Gasteiger partial charge in [0.05, 0.1) is 16.0 Å². The highest BCUT2D eigenvalue weighted by molar-refractivity contribution is 6.10. The summed E-state index contributed by atoms with van der Waals surface area (Å²) in [5, 5.41) is 21.0. The summed E-state index contributed by atoms with van der Waals surface area (Å²) < 4.78 is 6.95. The lowest BCUT2D eigenvalue weighted by molar-refractivity contribution is -0.384. The number of carbonyl (C=O) groups is 2. The molecule has 0 amide bonds. The van der Waals surface area contributed by atoms with Gasteiger partial charge in [0.2, 0.25) is 0 Å². The molecule has 0 aliphatic carbocycles. The molecule has 0 saturated heterocycles. The Kier molecular flexibility index (Phi) is 4.23. The quantitative estimate of drug-likeness (QED) is 0.405. The number of aromatic nitrogens is 1. The van der Waals surface area contributed by atoms with E-state index >= 15 is 0 Å². The van der Waals surface area contributed by atoms with Gasteiger partial charge in [0.1, 0.15) is 5.76 Å². The number of carbonyl (C=O) groups excluding carboxylic acids is 1. The Labute approximate surface area is 163 Å². The SMILES string of the molecule is Cc1c(C(=O)O)c2ccccc2n1C(=O)c1ccc(-c2cccc([N+](=O)[O-])c2)o1. The smallest absolute Gasteiger partial charge is 0.338 e. The van der Waals surface area contributed by atoms with Gasteiger partial charge in [-0.05, 0) is 25.1 Å². The lowest BCUT2D eigenvalue weighted by Gasteiger charge is -2.05. The molecule has 4 aromatic rings. The van der Waals surface area contributed by atoms with E-state index in [9.17, 15) is 24.8 Å². The summed E-state index contributed by atoms with van der Waals surface area (Å²) in [4.78, 5) is 35.2. The summed E-state index contributed by atoms with van der Waals surface area (Å²) in [5.74, 6) is -1.36. The second-order valence-corrected chi connectivity index (χ2v) is 6.39. The van der Waals surface area contributed by atoms with E-state index < -0.39 is 16.8 Å². The van der Waals surface area contributed by atoms with Crippen LogP contribution in [0.3, 0.4) is 0 Å². The molecule has 0 aliphatic heterocycles. The van der Waals surface area contributed by atoms with Gasteiger partial charge in [0.25, 0.3) is 11.6 Å². The van der Waals surface area contributed by atoms with Crippen molar-refractivity contribution in [2.75, 3.05) is 0 Å². The van der Waals surface area contributed by atoms with Crippen molar-refractivity contribution in [2.24, 2.45) is 0 Å². The highest BCUT2D eigenvalue weighted by Gasteiger charge is 2.25. The number of carboxylic acid groups (broad SMARTS) is 1. The van der Waals surface area contributed by atoms with Crippen LogP contribution < -0.4 is 0 Å². The first kappa shape index (κ1) is 18.2. The molecule has 144 valence electrons. The number of benzene rings is 2. The minimum Gasteiger partial charge on any atom is -0.478 e. The van der Waals surface area contributed by atoms with Crippen molar-refractivity contribution >= 4 is 28.5 Å². The normalized spacial score (nSPS) is 10.9. The molecule has 29 heavy (non-hydrogen) atoms. The van der Waals surface area contributed by atoms with E-state index in [1.807, 2.05) is 0 Å². The number of para-hydroxylation sites is 1. The second-order valence-electron chi connectivity index (χ2n) is 6.39. The molecule has 0 aliphatic rings. The van der Waals surface area contributed by atoms with Crippen LogP contribution in [0.25, 0.3) is 22.2 Å². The van der Waals surface area contributed by atoms with E-state index in [1.54, 1.807) is 43.3 Å². The van der Waals surface area contributed by atoms with Crippen LogP contribution in [0.1, 0.15) is 26.6 Å². The van der Waals surface area contributed by atoms with Crippen molar-refractivity contribution in [3.05, 3.63) is 87.8 Å². The zero-order valence-electron chi connectivity index (χ0n) is 15.2. The molecule has 8 nitrogen and oxygen atoms in total. The van der Waals surface area contributed by atoms with Crippen molar-refractivity contribution in [1.29, 1.82) is 0 Å². The molecule has 0 saturated carbocycles. The number of hydrogen-bond donors (Lipinski definition) is 1. The first-order valence-corrected chi connectivity index (χ1v) is 8.61. The maximum absolute atomic E-state index is 13.1. The van der Waals surface area contributed by atoms with Crippen LogP contribution in [0.15, 0.2) is 65.1 Å². The van der Waals surface area contributed by atoms with E-state index in [4.69, 9.17) is 4.42 Å². The number of rotatable bonds is 4. The molecule has 0 unspecified atom stereocenters. The minimum atomic E-state index is -1.12. The third-order valence-electron chi connectivity index (χ3n) is 4.69. The largest absolute Gasteiger partial charge is 0.478 e. The Balaban J connectivity index is 1.80. The van der Waals surface area contributed by atoms with Crippen LogP contribution in [-0.2, 0) is 0 Å². The van der Waals surface area contributed by atoms with Crippen molar-refractivity contribution in [1.82, 2.24) is 4.57 Å². The number of nitro groups is 1. The number of carboxylic acids is 1. The fourth-order valence-electron chi connectivity index (χ4n) is 3.39. The minimum absolute atomic E-state index is 0.00713. The molecule has 0 atom stereocenters. The predicted molar refractivity (Wildman–Crippen MR) is 104 cm³/mol. The molecule has 1 N–H and O–H groups in total. The Bertz CT molecular complexity index is 1300. The van der Waals surface area contributed by atoms with Crippen LogP contribution in [-0.4, -0.2) is 26.5 Å². The molecule has 0 bridgehead atoms. The molecule has 0 spiro atoms. The van der Waals surface area contributed by atoms with Crippen molar-refractivity contribution in [3.63, 3.8) is 0 Å². The van der Waals surface area contributed by atoms with E-state index in [1.165, 1.54) is 28.8 Å². The average molecular weight is 390 g/mol. The van der Waals surface area contributed by atoms with Gasteiger partial charge in [-0.1, -0.05) is 30.3 Å². The second kappa shape index (κ2) is 6.75. The summed E-state index contributed by atoms with van der Waals surface area (Å²) in [6.07, 6.45) is 0. The van der Waals surface area contributed by atoms with Crippen LogP contribution in [0.4, 0.5) is 5.69 Å². The number of nitrogens with zero attached hydrogens (tertiary/aromatic N) is 2. The highest BCUT2D eigenvalue weighted by atomic mass is 16.6. The molecular formula is C21H14N2O6. The molecule has 2 aromatic heterocycles. The average Bonchev–Trinajstić information content (AvgIpc) is 3.30. The van der Waals surface area contributed by atoms with Gasteiger partial charge < -0.3 is 9.52 Å². The maximum Gasteiger partial charge on any atom is 0.338 e. The van der Waals surface area contributed by atoms with E-state index in [-0.39, 0.29) is 22.7 Å². The van der Waals surface area contributed by atoms with Crippen molar-refractivity contribution in [2.45, 2.75) is 6.92 Å². The summed E-state index contributed by atoms with van der Waals surface area (Å²) in [7, 11) is 0. The Morgan fingerprint density at radius 1 is 1.07 bits per heavy atom. The zero-order chi connectivity index (χ0) is 20.7. The molecule has 2 heterocycles. The van der Waals surface area contributed by atoms with Gasteiger partial charge in [-0.25, -0.2) is 4.79 Å². The van der Waals surface area contributed by atoms with Crippen LogP contribution >= 0.6 is 0 Å². The fraction of sp³-hybridized carbons (Fsp3) is 0.0476. The Morgan fingerprint density at radius 2 is 1.83 bits per heavy atom. The third kappa shape index (κ3) is 2.96. The first-order valence-electron chi connectivity index (χ1n) is 8.61. The van der Waals surface area contributed by atoms with Crippen LogP contribution in [0.2, 0.25) is 0 Å². The Hall–Kier alpha value is -4.20. The summed E-state index contributed by atoms with van der Waals surface area (Å²) in [6.45, 7) is 1.56.